The molecule has 0 radical (unpaired) electrons. The second-order valence-electron chi connectivity index (χ2n) is 8.15. The van der Waals surface area contributed by atoms with Gasteiger partial charge in [-0.25, -0.2) is 9.67 Å². The van der Waals surface area contributed by atoms with Crippen molar-refractivity contribution in [3.63, 3.8) is 0 Å². The molecule has 0 bridgehead atoms. The third-order valence-electron chi connectivity index (χ3n) is 6.17. The highest BCUT2D eigenvalue weighted by molar-refractivity contribution is 5.83. The summed E-state index contributed by atoms with van der Waals surface area (Å²) >= 11 is 0. The summed E-state index contributed by atoms with van der Waals surface area (Å²) in [5.74, 6) is 0.409. The second kappa shape index (κ2) is 8.49. The number of aromatic nitrogens is 3. The van der Waals surface area contributed by atoms with Gasteiger partial charge in [0.25, 0.3) is 0 Å². The average Bonchev–Trinajstić information content (AvgIpc) is 3.46. The number of hydrogen-bond donors (Lipinski definition) is 1. The molecule has 0 aromatic carbocycles. The maximum Gasteiger partial charge on any atom is 0.239 e. The zero-order valence-corrected chi connectivity index (χ0v) is 17.3. The summed E-state index contributed by atoms with van der Waals surface area (Å²) in [6, 6.07) is 3.94. The van der Waals surface area contributed by atoms with Crippen molar-refractivity contribution in [3.8, 4) is 0 Å². The highest BCUT2D eigenvalue weighted by atomic mass is 16.2. The molecule has 2 aliphatic heterocycles. The monoisotopic (exact) mass is 398 g/mol. The average molecular weight is 399 g/mol. The van der Waals surface area contributed by atoms with Gasteiger partial charge < -0.3 is 10.2 Å². The van der Waals surface area contributed by atoms with Gasteiger partial charge in [-0.2, -0.15) is 5.10 Å². The Bertz CT molecular complexity index is 888. The van der Waals surface area contributed by atoms with Gasteiger partial charge in [0.1, 0.15) is 0 Å². The van der Waals surface area contributed by atoms with Crippen molar-refractivity contribution >= 4 is 22.8 Å². The lowest BCUT2D eigenvalue weighted by atomic mass is 10.0. The predicted molar refractivity (Wildman–Crippen MR) is 110 cm³/mol. The van der Waals surface area contributed by atoms with Gasteiger partial charge in [0.2, 0.25) is 11.8 Å². The van der Waals surface area contributed by atoms with Crippen molar-refractivity contribution in [1.29, 1.82) is 0 Å². The van der Waals surface area contributed by atoms with Crippen molar-refractivity contribution in [2.24, 2.45) is 0 Å². The lowest BCUT2D eigenvalue weighted by molar-refractivity contribution is -0.135. The van der Waals surface area contributed by atoms with E-state index in [2.05, 4.69) is 21.3 Å². The van der Waals surface area contributed by atoms with Crippen LogP contribution in [0.15, 0.2) is 18.3 Å². The minimum absolute atomic E-state index is 0.0372. The standard InChI is InChI=1S/C21H30N6O2/c1-15(25-10-3-4-11-25)21(29)26-12-7-17(14-26)19-18-6-5-8-23-20(18)27(24-19)13-9-22-16(2)28/h5-6,8,15,17H,3-4,7,9-14H2,1-2H3,(H,22,28)/t15-,17-/m1/s1. The number of carbonyl (C=O) groups is 2. The fourth-order valence-corrected chi connectivity index (χ4v) is 4.56. The van der Waals surface area contributed by atoms with Gasteiger partial charge in [0, 0.05) is 44.1 Å². The summed E-state index contributed by atoms with van der Waals surface area (Å²) in [7, 11) is 0. The molecule has 8 heteroatoms. The Labute approximate surface area is 171 Å². The zero-order chi connectivity index (χ0) is 20.4. The van der Waals surface area contributed by atoms with Gasteiger partial charge in [0.05, 0.1) is 18.3 Å². The summed E-state index contributed by atoms with van der Waals surface area (Å²) in [5, 5.41) is 8.70. The lowest BCUT2D eigenvalue weighted by Gasteiger charge is -2.27. The van der Waals surface area contributed by atoms with Gasteiger partial charge in [-0.3, -0.25) is 14.5 Å². The summed E-state index contributed by atoms with van der Waals surface area (Å²) in [6.45, 7) is 8.19. The molecule has 4 heterocycles. The molecule has 0 saturated carbocycles. The van der Waals surface area contributed by atoms with Crippen LogP contribution in [0, 0.1) is 0 Å². The van der Waals surface area contributed by atoms with Gasteiger partial charge in [-0.05, 0) is 51.4 Å². The normalized spacial score (nSPS) is 21.0. The maximum atomic E-state index is 13.0. The van der Waals surface area contributed by atoms with Crippen LogP contribution in [0.1, 0.15) is 44.7 Å². The molecule has 2 amide bonds. The highest BCUT2D eigenvalue weighted by Crippen LogP contribution is 2.32. The number of nitrogens with zero attached hydrogens (tertiary/aromatic N) is 5. The number of rotatable bonds is 6. The fraction of sp³-hybridized carbons (Fsp3) is 0.619. The van der Waals surface area contributed by atoms with Crippen molar-refractivity contribution in [3.05, 3.63) is 24.0 Å². The SMILES string of the molecule is CC(=O)NCCn1nc([C@@H]2CCN(C(=O)[C@@H](C)N3CCCC3)C2)c2cccnc21. The summed E-state index contributed by atoms with van der Waals surface area (Å²) in [6.07, 6.45) is 5.07. The van der Waals surface area contributed by atoms with Crippen molar-refractivity contribution in [2.75, 3.05) is 32.7 Å². The van der Waals surface area contributed by atoms with Crippen molar-refractivity contribution in [2.45, 2.75) is 51.6 Å². The largest absolute Gasteiger partial charge is 0.354 e. The smallest absolute Gasteiger partial charge is 0.239 e. The minimum Gasteiger partial charge on any atom is -0.354 e. The second-order valence-corrected chi connectivity index (χ2v) is 8.15. The summed E-state index contributed by atoms with van der Waals surface area (Å²) in [4.78, 5) is 33.0. The van der Waals surface area contributed by atoms with E-state index in [1.54, 1.807) is 6.20 Å². The van der Waals surface area contributed by atoms with E-state index in [1.807, 2.05) is 22.6 Å². The van der Waals surface area contributed by atoms with Crippen LogP contribution in [0.25, 0.3) is 11.0 Å². The number of likely N-dealkylation sites (tertiary alicyclic amines) is 2. The Kier molecular flexibility index (Phi) is 5.80. The maximum absolute atomic E-state index is 13.0. The van der Waals surface area contributed by atoms with Crippen LogP contribution in [-0.2, 0) is 16.1 Å². The number of pyridine rings is 1. The van der Waals surface area contributed by atoms with Gasteiger partial charge >= 0.3 is 0 Å². The number of carbonyl (C=O) groups excluding carboxylic acids is 2. The van der Waals surface area contributed by atoms with E-state index in [0.717, 1.165) is 42.8 Å². The third-order valence-corrected chi connectivity index (χ3v) is 6.17. The molecule has 2 fully saturated rings. The lowest BCUT2D eigenvalue weighted by Crippen LogP contribution is -2.45. The Morgan fingerprint density at radius 1 is 1.28 bits per heavy atom. The fourth-order valence-electron chi connectivity index (χ4n) is 4.56. The first-order valence-electron chi connectivity index (χ1n) is 10.6. The quantitative estimate of drug-likeness (QED) is 0.795. The molecule has 0 spiro atoms. The van der Waals surface area contributed by atoms with E-state index >= 15 is 0 Å². The molecule has 156 valence electrons. The molecule has 2 atom stereocenters. The number of nitrogens with one attached hydrogen (secondary N) is 1. The van der Waals surface area contributed by atoms with Crippen LogP contribution in [0.4, 0.5) is 0 Å². The van der Waals surface area contributed by atoms with Crippen LogP contribution in [0.3, 0.4) is 0 Å². The first kappa shape index (κ1) is 19.8. The minimum atomic E-state index is -0.0493. The predicted octanol–water partition coefficient (Wildman–Crippen LogP) is 1.37. The zero-order valence-electron chi connectivity index (χ0n) is 17.3. The molecule has 8 nitrogen and oxygen atoms in total. The molecule has 29 heavy (non-hydrogen) atoms. The van der Waals surface area contributed by atoms with E-state index in [4.69, 9.17) is 5.10 Å². The van der Waals surface area contributed by atoms with Crippen molar-refractivity contribution < 1.29 is 9.59 Å². The third kappa shape index (κ3) is 4.12. The molecule has 0 unspecified atom stereocenters. The first-order chi connectivity index (χ1) is 14.0. The van der Waals surface area contributed by atoms with Crippen LogP contribution in [0.2, 0.25) is 0 Å². The van der Waals surface area contributed by atoms with Crippen LogP contribution < -0.4 is 5.32 Å². The number of amides is 2. The summed E-state index contributed by atoms with van der Waals surface area (Å²) in [5.41, 5.74) is 1.85. The Balaban J connectivity index is 1.48. The van der Waals surface area contributed by atoms with E-state index in [1.165, 1.54) is 19.8 Å². The number of fused-ring (bicyclic) bond motifs is 1. The topological polar surface area (TPSA) is 83.4 Å². The molecule has 2 aliphatic rings. The summed E-state index contributed by atoms with van der Waals surface area (Å²) < 4.78 is 1.87. The molecule has 2 saturated heterocycles. The molecular formula is C21H30N6O2. The molecular weight excluding hydrogens is 368 g/mol. The molecule has 4 rings (SSSR count). The molecule has 2 aromatic heterocycles. The van der Waals surface area contributed by atoms with Gasteiger partial charge in [0.15, 0.2) is 5.65 Å². The highest BCUT2D eigenvalue weighted by Gasteiger charge is 2.34. The van der Waals surface area contributed by atoms with Crippen LogP contribution in [0.5, 0.6) is 0 Å². The molecule has 2 aromatic rings. The van der Waals surface area contributed by atoms with Crippen LogP contribution >= 0.6 is 0 Å². The van der Waals surface area contributed by atoms with Crippen LogP contribution in [-0.4, -0.2) is 75.1 Å². The molecule has 1 N–H and O–H groups in total. The van der Waals surface area contributed by atoms with Gasteiger partial charge in [-0.1, -0.05) is 0 Å². The van der Waals surface area contributed by atoms with E-state index in [0.29, 0.717) is 19.6 Å². The van der Waals surface area contributed by atoms with E-state index in [-0.39, 0.29) is 23.8 Å². The van der Waals surface area contributed by atoms with E-state index in [9.17, 15) is 9.59 Å². The Hall–Kier alpha value is -2.48. The van der Waals surface area contributed by atoms with Gasteiger partial charge in [-0.15, -0.1) is 0 Å². The Morgan fingerprint density at radius 2 is 2.07 bits per heavy atom. The van der Waals surface area contributed by atoms with E-state index < -0.39 is 0 Å². The first-order valence-corrected chi connectivity index (χ1v) is 10.6. The Morgan fingerprint density at radius 3 is 2.83 bits per heavy atom. The van der Waals surface area contributed by atoms with Crippen molar-refractivity contribution in [1.82, 2.24) is 29.9 Å². The number of hydrogen-bond acceptors (Lipinski definition) is 5. The molecule has 0 aliphatic carbocycles.